The molecule has 2 N–H and O–H groups in total. The van der Waals surface area contributed by atoms with Crippen LogP contribution in [0.3, 0.4) is 0 Å². The first-order valence-corrected chi connectivity index (χ1v) is 7.22. The average Bonchev–Trinajstić information content (AvgIpc) is 2.74. The van der Waals surface area contributed by atoms with E-state index in [0.717, 1.165) is 23.5 Å². The third-order valence-electron chi connectivity index (χ3n) is 3.62. The Morgan fingerprint density at radius 3 is 2.94 bits per heavy atom. The second-order valence-corrected chi connectivity index (χ2v) is 5.86. The summed E-state index contributed by atoms with van der Waals surface area (Å²) in [7, 11) is 0. The first-order chi connectivity index (χ1) is 8.20. The van der Waals surface area contributed by atoms with Crippen LogP contribution in [0.15, 0.2) is 5.38 Å². The summed E-state index contributed by atoms with van der Waals surface area (Å²) in [4.78, 5) is 16.6. The lowest BCUT2D eigenvalue weighted by atomic mass is 9.76. The molecular weight excluding hydrogens is 232 g/mol. The van der Waals surface area contributed by atoms with Gasteiger partial charge in [0.05, 0.1) is 6.42 Å². The molecule has 1 aromatic rings. The molecule has 2 atom stereocenters. The SMILES string of the molecule is Cc1csc(CC(=O)C2CCCCC2CN)n1. The Morgan fingerprint density at radius 2 is 2.29 bits per heavy atom. The number of Topliss-reactive ketones (excluding diaryl/α,β-unsaturated/α-hetero) is 1. The number of aromatic nitrogens is 1. The monoisotopic (exact) mass is 252 g/mol. The lowest BCUT2D eigenvalue weighted by Gasteiger charge is -2.29. The van der Waals surface area contributed by atoms with Crippen molar-refractivity contribution in [3.8, 4) is 0 Å². The average molecular weight is 252 g/mol. The first kappa shape index (κ1) is 12.7. The van der Waals surface area contributed by atoms with Crippen molar-refractivity contribution in [2.75, 3.05) is 6.54 Å². The second-order valence-electron chi connectivity index (χ2n) is 4.91. The molecule has 17 heavy (non-hydrogen) atoms. The molecule has 2 unspecified atom stereocenters. The van der Waals surface area contributed by atoms with E-state index in [2.05, 4.69) is 4.98 Å². The highest BCUT2D eigenvalue weighted by Gasteiger charge is 2.29. The van der Waals surface area contributed by atoms with Crippen LogP contribution in [0.5, 0.6) is 0 Å². The molecule has 4 heteroatoms. The largest absolute Gasteiger partial charge is 0.330 e. The third-order valence-corrected chi connectivity index (χ3v) is 4.58. The molecule has 0 aromatic carbocycles. The number of ketones is 1. The number of hydrogen-bond acceptors (Lipinski definition) is 4. The van der Waals surface area contributed by atoms with E-state index in [0.29, 0.717) is 24.7 Å². The summed E-state index contributed by atoms with van der Waals surface area (Å²) in [6.07, 6.45) is 5.03. The third kappa shape index (κ3) is 3.13. The van der Waals surface area contributed by atoms with Crippen LogP contribution in [0.25, 0.3) is 0 Å². The maximum absolute atomic E-state index is 12.3. The summed E-state index contributed by atoms with van der Waals surface area (Å²) in [6, 6.07) is 0. The van der Waals surface area contributed by atoms with Gasteiger partial charge < -0.3 is 5.73 Å². The van der Waals surface area contributed by atoms with Crippen molar-refractivity contribution in [3.05, 3.63) is 16.1 Å². The fourth-order valence-corrected chi connectivity index (χ4v) is 3.46. The van der Waals surface area contributed by atoms with Gasteiger partial charge >= 0.3 is 0 Å². The topological polar surface area (TPSA) is 56.0 Å². The van der Waals surface area contributed by atoms with E-state index >= 15 is 0 Å². The van der Waals surface area contributed by atoms with Crippen molar-refractivity contribution in [1.82, 2.24) is 4.98 Å². The maximum Gasteiger partial charge on any atom is 0.143 e. The number of nitrogens with zero attached hydrogens (tertiary/aromatic N) is 1. The van der Waals surface area contributed by atoms with Crippen molar-refractivity contribution in [3.63, 3.8) is 0 Å². The van der Waals surface area contributed by atoms with E-state index in [-0.39, 0.29) is 5.92 Å². The summed E-state index contributed by atoms with van der Waals surface area (Å²) in [6.45, 7) is 2.61. The molecular formula is C13H20N2OS. The van der Waals surface area contributed by atoms with Crippen LogP contribution >= 0.6 is 11.3 Å². The van der Waals surface area contributed by atoms with E-state index in [1.807, 2.05) is 12.3 Å². The van der Waals surface area contributed by atoms with Crippen molar-refractivity contribution < 1.29 is 4.79 Å². The van der Waals surface area contributed by atoms with E-state index in [4.69, 9.17) is 5.73 Å². The van der Waals surface area contributed by atoms with Gasteiger partial charge in [-0.05, 0) is 32.2 Å². The Hall–Kier alpha value is -0.740. The number of thiazole rings is 1. The Bertz CT molecular complexity index is 389. The number of carbonyl (C=O) groups is 1. The Labute approximate surface area is 106 Å². The molecule has 1 fully saturated rings. The van der Waals surface area contributed by atoms with Crippen molar-refractivity contribution >= 4 is 17.1 Å². The minimum atomic E-state index is 0.179. The highest BCUT2D eigenvalue weighted by Crippen LogP contribution is 2.31. The van der Waals surface area contributed by atoms with Gasteiger partial charge in [-0.2, -0.15) is 0 Å². The van der Waals surface area contributed by atoms with Crippen LogP contribution < -0.4 is 5.73 Å². The van der Waals surface area contributed by atoms with E-state index in [9.17, 15) is 4.79 Å². The van der Waals surface area contributed by atoms with Crippen LogP contribution in [0, 0.1) is 18.8 Å². The molecule has 0 amide bonds. The van der Waals surface area contributed by atoms with E-state index < -0.39 is 0 Å². The van der Waals surface area contributed by atoms with E-state index in [1.165, 1.54) is 12.8 Å². The number of carbonyl (C=O) groups excluding carboxylic acids is 1. The number of nitrogens with two attached hydrogens (primary N) is 1. The molecule has 0 spiro atoms. The standard InChI is InChI=1S/C13H20N2OS/c1-9-8-17-13(15-9)6-12(16)11-5-3-2-4-10(11)7-14/h8,10-11H,2-7,14H2,1H3. The highest BCUT2D eigenvalue weighted by molar-refractivity contribution is 7.09. The lowest BCUT2D eigenvalue weighted by molar-refractivity contribution is -0.124. The summed E-state index contributed by atoms with van der Waals surface area (Å²) in [5.74, 6) is 0.921. The minimum Gasteiger partial charge on any atom is -0.330 e. The zero-order valence-corrected chi connectivity index (χ0v) is 11.1. The van der Waals surface area contributed by atoms with Crippen LogP contribution in [-0.2, 0) is 11.2 Å². The van der Waals surface area contributed by atoms with E-state index in [1.54, 1.807) is 11.3 Å². The zero-order valence-electron chi connectivity index (χ0n) is 10.3. The molecule has 0 saturated heterocycles. The Morgan fingerprint density at radius 1 is 1.53 bits per heavy atom. The predicted molar refractivity (Wildman–Crippen MR) is 70.1 cm³/mol. The lowest BCUT2D eigenvalue weighted by Crippen LogP contribution is -2.33. The van der Waals surface area contributed by atoms with Gasteiger partial charge in [0.2, 0.25) is 0 Å². The van der Waals surface area contributed by atoms with Crippen LogP contribution in [0.4, 0.5) is 0 Å². The van der Waals surface area contributed by atoms with Crippen LogP contribution in [0.2, 0.25) is 0 Å². The smallest absolute Gasteiger partial charge is 0.143 e. The number of hydrogen-bond donors (Lipinski definition) is 1. The van der Waals surface area contributed by atoms with Gasteiger partial charge in [-0.25, -0.2) is 4.98 Å². The predicted octanol–water partition coefficient (Wildman–Crippen LogP) is 2.33. The van der Waals surface area contributed by atoms with Gasteiger partial charge in [0, 0.05) is 17.0 Å². The molecule has 0 radical (unpaired) electrons. The Kier molecular flexibility index (Phi) is 4.29. The maximum atomic E-state index is 12.3. The molecule has 1 saturated carbocycles. The second kappa shape index (κ2) is 5.74. The summed E-state index contributed by atoms with van der Waals surface area (Å²) in [5, 5.41) is 2.96. The quantitative estimate of drug-likeness (QED) is 0.894. The molecule has 1 aliphatic carbocycles. The van der Waals surface area contributed by atoms with Gasteiger partial charge in [-0.3, -0.25) is 4.79 Å². The molecule has 1 aliphatic rings. The van der Waals surface area contributed by atoms with Gasteiger partial charge in [-0.15, -0.1) is 11.3 Å². The fraction of sp³-hybridized carbons (Fsp3) is 0.692. The molecule has 0 aliphatic heterocycles. The molecule has 3 nitrogen and oxygen atoms in total. The van der Waals surface area contributed by atoms with Gasteiger partial charge in [0.25, 0.3) is 0 Å². The first-order valence-electron chi connectivity index (χ1n) is 6.34. The summed E-state index contributed by atoms with van der Waals surface area (Å²) in [5.41, 5.74) is 6.77. The molecule has 1 heterocycles. The number of rotatable bonds is 4. The van der Waals surface area contributed by atoms with Crippen molar-refractivity contribution in [1.29, 1.82) is 0 Å². The highest BCUT2D eigenvalue weighted by atomic mass is 32.1. The van der Waals surface area contributed by atoms with Gasteiger partial charge in [0.1, 0.15) is 10.8 Å². The molecule has 0 bridgehead atoms. The summed E-state index contributed by atoms with van der Waals surface area (Å²) >= 11 is 1.59. The Balaban J connectivity index is 1.98. The van der Waals surface area contributed by atoms with Crippen LogP contribution in [-0.4, -0.2) is 17.3 Å². The minimum absolute atomic E-state index is 0.179. The van der Waals surface area contributed by atoms with Crippen LogP contribution in [0.1, 0.15) is 36.4 Å². The van der Waals surface area contributed by atoms with Crippen molar-refractivity contribution in [2.45, 2.75) is 39.0 Å². The van der Waals surface area contributed by atoms with Gasteiger partial charge in [0.15, 0.2) is 0 Å². The molecule has 2 rings (SSSR count). The molecule has 94 valence electrons. The normalized spacial score (nSPS) is 24.8. The number of aryl methyl sites for hydroxylation is 1. The fourth-order valence-electron chi connectivity index (χ4n) is 2.68. The molecule has 1 aromatic heterocycles. The zero-order chi connectivity index (χ0) is 12.3. The van der Waals surface area contributed by atoms with Crippen molar-refractivity contribution in [2.24, 2.45) is 17.6 Å². The van der Waals surface area contributed by atoms with Gasteiger partial charge in [-0.1, -0.05) is 12.8 Å². The summed E-state index contributed by atoms with van der Waals surface area (Å²) < 4.78 is 0.